The first-order chi connectivity index (χ1) is 16.3. The van der Waals surface area contributed by atoms with Crippen molar-refractivity contribution in [2.45, 2.75) is 30.7 Å². The van der Waals surface area contributed by atoms with Crippen LogP contribution in [0.25, 0.3) is 11.1 Å². The molecular formula is C26H31N3O5. The molecule has 1 fully saturated rings. The van der Waals surface area contributed by atoms with Gasteiger partial charge < -0.3 is 25.0 Å². The maximum absolute atomic E-state index is 13.3. The third kappa shape index (κ3) is 4.77. The highest BCUT2D eigenvalue weighted by molar-refractivity contribution is 5.92. The molecule has 2 aliphatic rings. The Kier molecular flexibility index (Phi) is 6.88. The van der Waals surface area contributed by atoms with Gasteiger partial charge in [0.1, 0.15) is 18.7 Å². The number of nitrogens with zero attached hydrogens (tertiary/aromatic N) is 2. The van der Waals surface area contributed by atoms with Crippen LogP contribution in [-0.2, 0) is 14.3 Å². The van der Waals surface area contributed by atoms with Gasteiger partial charge in [-0.2, -0.15) is 0 Å². The molecule has 2 aliphatic carbocycles. The summed E-state index contributed by atoms with van der Waals surface area (Å²) in [6.45, 7) is 0.552. The average Bonchev–Trinajstić information content (AvgIpc) is 3.10. The lowest BCUT2D eigenvalue weighted by atomic mass is 9.75. The molecular weight excluding hydrogens is 434 g/mol. The summed E-state index contributed by atoms with van der Waals surface area (Å²) in [5.74, 6) is -1.52. The van der Waals surface area contributed by atoms with E-state index < -0.39 is 24.1 Å². The number of carboxylic acids is 1. The molecule has 2 aromatic carbocycles. The summed E-state index contributed by atoms with van der Waals surface area (Å²) in [5.41, 5.74) is 3.40. The molecule has 8 nitrogen and oxygen atoms in total. The predicted octanol–water partition coefficient (Wildman–Crippen LogP) is 2.92. The molecule has 0 aliphatic heterocycles. The lowest BCUT2D eigenvalue weighted by molar-refractivity contribution is -0.149. The van der Waals surface area contributed by atoms with Crippen LogP contribution in [0.15, 0.2) is 48.5 Å². The van der Waals surface area contributed by atoms with E-state index in [1.54, 1.807) is 0 Å². The lowest BCUT2D eigenvalue weighted by Crippen LogP contribution is -2.64. The van der Waals surface area contributed by atoms with Crippen molar-refractivity contribution in [2.75, 3.05) is 40.3 Å². The smallest absolute Gasteiger partial charge is 0.408 e. The number of likely N-dealkylation sites (N-methyl/N-ethyl adjacent to an activating group) is 1. The van der Waals surface area contributed by atoms with Gasteiger partial charge in [-0.25, -0.2) is 4.79 Å². The van der Waals surface area contributed by atoms with Gasteiger partial charge in [0.15, 0.2) is 0 Å². The second-order valence-electron chi connectivity index (χ2n) is 9.31. The number of fused-ring (bicyclic) bond motifs is 3. The Hall–Kier alpha value is -3.39. The van der Waals surface area contributed by atoms with E-state index >= 15 is 0 Å². The van der Waals surface area contributed by atoms with E-state index in [4.69, 9.17) is 4.74 Å². The first kappa shape index (κ1) is 23.8. The van der Waals surface area contributed by atoms with E-state index in [-0.39, 0.29) is 25.0 Å². The summed E-state index contributed by atoms with van der Waals surface area (Å²) in [4.78, 5) is 40.7. The van der Waals surface area contributed by atoms with Gasteiger partial charge in [0.2, 0.25) is 5.91 Å². The van der Waals surface area contributed by atoms with E-state index in [0.717, 1.165) is 28.7 Å². The number of hydrogen-bond acceptors (Lipinski definition) is 5. The minimum Gasteiger partial charge on any atom is -0.480 e. The van der Waals surface area contributed by atoms with E-state index in [1.165, 1.54) is 4.90 Å². The summed E-state index contributed by atoms with van der Waals surface area (Å²) in [7, 11) is 3.72. The second kappa shape index (κ2) is 9.85. The summed E-state index contributed by atoms with van der Waals surface area (Å²) >= 11 is 0. The van der Waals surface area contributed by atoms with Gasteiger partial charge in [0.05, 0.1) is 0 Å². The summed E-state index contributed by atoms with van der Waals surface area (Å²) in [6, 6.07) is 16.2. The SMILES string of the molecule is CN(C)CCN(CC(=O)O)C(=O)C1(NC(=O)OCC2c3ccccc3-c3ccccc32)CCC1. The zero-order valence-electron chi connectivity index (χ0n) is 19.6. The van der Waals surface area contributed by atoms with Gasteiger partial charge in [-0.3, -0.25) is 9.59 Å². The molecule has 1 saturated carbocycles. The first-order valence-electron chi connectivity index (χ1n) is 11.6. The van der Waals surface area contributed by atoms with Gasteiger partial charge in [0, 0.05) is 19.0 Å². The molecule has 34 heavy (non-hydrogen) atoms. The summed E-state index contributed by atoms with van der Waals surface area (Å²) in [6.07, 6.45) is 1.06. The molecule has 0 atom stereocenters. The highest BCUT2D eigenvalue weighted by atomic mass is 16.5. The van der Waals surface area contributed by atoms with Crippen molar-refractivity contribution < 1.29 is 24.2 Å². The van der Waals surface area contributed by atoms with Crippen LogP contribution in [0.2, 0.25) is 0 Å². The number of benzene rings is 2. The van der Waals surface area contributed by atoms with Crippen LogP contribution >= 0.6 is 0 Å². The Morgan fingerprint density at radius 1 is 1.00 bits per heavy atom. The molecule has 2 N–H and O–H groups in total. The first-order valence-corrected chi connectivity index (χ1v) is 11.6. The number of aliphatic carboxylic acids is 1. The largest absolute Gasteiger partial charge is 0.480 e. The van der Waals surface area contributed by atoms with Crippen LogP contribution in [0.5, 0.6) is 0 Å². The number of carboxylic acid groups (broad SMARTS) is 1. The van der Waals surface area contributed by atoms with Gasteiger partial charge in [-0.05, 0) is 55.6 Å². The van der Waals surface area contributed by atoms with Crippen molar-refractivity contribution in [2.24, 2.45) is 0 Å². The second-order valence-corrected chi connectivity index (χ2v) is 9.31. The number of nitrogens with one attached hydrogen (secondary N) is 1. The van der Waals surface area contributed by atoms with E-state index in [9.17, 15) is 19.5 Å². The lowest BCUT2D eigenvalue weighted by Gasteiger charge is -2.43. The number of carbonyl (C=O) groups is 3. The fourth-order valence-electron chi connectivity index (χ4n) is 4.79. The number of rotatable bonds is 9. The fraction of sp³-hybridized carbons (Fsp3) is 0.423. The van der Waals surface area contributed by atoms with Gasteiger partial charge >= 0.3 is 12.1 Å². The van der Waals surface area contributed by atoms with Gasteiger partial charge in [-0.1, -0.05) is 48.5 Å². The standard InChI is InChI=1S/C26H31N3O5/c1-28(2)14-15-29(16-23(30)31)24(32)26(12-7-13-26)27-25(33)34-17-22-20-10-5-3-8-18(20)19-9-4-6-11-21(19)22/h3-6,8-11,22H,7,12-17H2,1-2H3,(H,27,33)(H,30,31). The number of alkyl carbamates (subject to hydrolysis) is 1. The molecule has 0 bridgehead atoms. The summed E-state index contributed by atoms with van der Waals surface area (Å²) in [5, 5.41) is 12.1. The van der Waals surface area contributed by atoms with Crippen molar-refractivity contribution in [1.82, 2.24) is 15.1 Å². The maximum Gasteiger partial charge on any atom is 0.408 e. The van der Waals surface area contributed by atoms with E-state index in [2.05, 4.69) is 17.4 Å². The molecule has 180 valence electrons. The molecule has 2 aromatic rings. The normalized spacial score (nSPS) is 15.7. The number of amides is 2. The van der Waals surface area contributed by atoms with Crippen molar-refractivity contribution in [3.8, 4) is 11.1 Å². The molecule has 0 saturated heterocycles. The van der Waals surface area contributed by atoms with E-state index in [0.29, 0.717) is 19.4 Å². The predicted molar refractivity (Wildman–Crippen MR) is 128 cm³/mol. The minimum atomic E-state index is -1.11. The topological polar surface area (TPSA) is 99.2 Å². The molecule has 8 heteroatoms. The number of hydrogen-bond donors (Lipinski definition) is 2. The Morgan fingerprint density at radius 3 is 2.09 bits per heavy atom. The van der Waals surface area contributed by atoms with Crippen LogP contribution in [-0.4, -0.2) is 78.8 Å². The molecule has 4 rings (SSSR count). The third-order valence-corrected chi connectivity index (χ3v) is 6.73. The molecule has 0 spiro atoms. The van der Waals surface area contributed by atoms with Crippen molar-refractivity contribution >= 4 is 18.0 Å². The van der Waals surface area contributed by atoms with Crippen molar-refractivity contribution in [3.63, 3.8) is 0 Å². The molecule has 2 amide bonds. The van der Waals surface area contributed by atoms with Crippen molar-refractivity contribution in [3.05, 3.63) is 59.7 Å². The zero-order valence-corrected chi connectivity index (χ0v) is 19.6. The maximum atomic E-state index is 13.3. The highest BCUT2D eigenvalue weighted by Gasteiger charge is 2.48. The average molecular weight is 466 g/mol. The summed E-state index contributed by atoms with van der Waals surface area (Å²) < 4.78 is 5.63. The minimum absolute atomic E-state index is 0.0743. The van der Waals surface area contributed by atoms with E-state index in [1.807, 2.05) is 55.4 Å². The van der Waals surface area contributed by atoms with Gasteiger partial charge in [0.25, 0.3) is 0 Å². The molecule has 0 heterocycles. The monoisotopic (exact) mass is 465 g/mol. The Balaban J connectivity index is 1.43. The van der Waals surface area contributed by atoms with Crippen LogP contribution in [0, 0.1) is 0 Å². The number of carbonyl (C=O) groups excluding carboxylic acids is 2. The molecule has 0 aromatic heterocycles. The van der Waals surface area contributed by atoms with Crippen LogP contribution in [0.4, 0.5) is 4.79 Å². The zero-order chi connectivity index (χ0) is 24.3. The Labute approximate surface area is 199 Å². The Morgan fingerprint density at radius 2 is 1.59 bits per heavy atom. The Bertz CT molecular complexity index is 1030. The quantitative estimate of drug-likeness (QED) is 0.591. The van der Waals surface area contributed by atoms with Crippen LogP contribution in [0.3, 0.4) is 0 Å². The highest BCUT2D eigenvalue weighted by Crippen LogP contribution is 2.44. The molecule has 0 radical (unpaired) electrons. The molecule has 0 unspecified atom stereocenters. The van der Waals surface area contributed by atoms with Crippen LogP contribution in [0.1, 0.15) is 36.3 Å². The third-order valence-electron chi connectivity index (χ3n) is 6.73. The van der Waals surface area contributed by atoms with Crippen LogP contribution < -0.4 is 5.32 Å². The fourth-order valence-corrected chi connectivity index (χ4v) is 4.79. The van der Waals surface area contributed by atoms with Gasteiger partial charge in [-0.15, -0.1) is 0 Å². The van der Waals surface area contributed by atoms with Crippen molar-refractivity contribution in [1.29, 1.82) is 0 Å². The number of ether oxygens (including phenoxy) is 1.